The predicted molar refractivity (Wildman–Crippen MR) is 83.0 cm³/mol. The van der Waals surface area contributed by atoms with Crippen molar-refractivity contribution < 1.29 is 0 Å². The highest BCUT2D eigenvalue weighted by atomic mass is 14.3. The molecule has 0 N–H and O–H groups in total. The lowest BCUT2D eigenvalue weighted by molar-refractivity contribution is 0.236. The topological polar surface area (TPSA) is 0 Å². The molecule has 0 nitrogen and oxygen atoms in total. The molecule has 0 radical (unpaired) electrons. The van der Waals surface area contributed by atoms with Crippen LogP contribution in [0.5, 0.6) is 0 Å². The van der Waals surface area contributed by atoms with Gasteiger partial charge in [-0.05, 0) is 11.8 Å². The maximum atomic E-state index is 2.48. The molecule has 0 aliphatic heterocycles. The van der Waals surface area contributed by atoms with E-state index in [1.54, 1.807) is 0 Å². The molecule has 0 bridgehead atoms. The molecule has 0 aromatic heterocycles. The predicted octanol–water partition coefficient (Wildman–Crippen LogP) is 6.73. The number of hydrogen-bond donors (Lipinski definition) is 0. The average Bonchev–Trinajstić information content (AvgIpc) is 2.39. The van der Waals surface area contributed by atoms with E-state index in [0.29, 0.717) is 0 Å². The van der Waals surface area contributed by atoms with Crippen molar-refractivity contribution in [3.8, 4) is 0 Å². The van der Waals surface area contributed by atoms with Crippen molar-refractivity contribution in [3.05, 3.63) is 0 Å². The van der Waals surface area contributed by atoms with Crippen LogP contribution >= 0.6 is 0 Å². The molecule has 1 rings (SSSR count). The molecule has 0 heterocycles. The van der Waals surface area contributed by atoms with Gasteiger partial charge in [-0.15, -0.1) is 0 Å². The lowest BCUT2D eigenvalue weighted by Crippen LogP contribution is -2.16. The summed E-state index contributed by atoms with van der Waals surface area (Å²) in [4.78, 5) is 0. The highest BCUT2D eigenvalue weighted by Crippen LogP contribution is 2.33. The molecule has 2 atom stereocenters. The van der Waals surface area contributed by atoms with Gasteiger partial charge in [0, 0.05) is 0 Å². The van der Waals surface area contributed by atoms with Gasteiger partial charge in [-0.1, -0.05) is 104 Å². The van der Waals surface area contributed by atoms with Gasteiger partial charge in [0.1, 0.15) is 0 Å². The maximum absolute atomic E-state index is 2.48. The molecule has 0 aromatic rings. The van der Waals surface area contributed by atoms with Crippen molar-refractivity contribution in [1.29, 1.82) is 0 Å². The van der Waals surface area contributed by atoms with E-state index >= 15 is 0 Å². The zero-order valence-corrected chi connectivity index (χ0v) is 13.1. The number of hydrogen-bond acceptors (Lipinski definition) is 0. The molecular weight excluding hydrogens is 216 g/mol. The molecule has 0 saturated heterocycles. The van der Waals surface area contributed by atoms with Crippen LogP contribution in [0, 0.1) is 11.8 Å². The van der Waals surface area contributed by atoms with E-state index in [2.05, 4.69) is 13.8 Å². The largest absolute Gasteiger partial charge is 0.0654 e. The third kappa shape index (κ3) is 7.44. The Kier molecular flexibility index (Phi) is 9.70. The molecule has 0 amide bonds. The second-order valence-electron chi connectivity index (χ2n) is 6.64. The van der Waals surface area contributed by atoms with E-state index in [-0.39, 0.29) is 0 Å². The van der Waals surface area contributed by atoms with E-state index in [1.807, 2.05) is 0 Å². The normalized spacial score (nSPS) is 24.3. The van der Waals surface area contributed by atoms with Crippen molar-refractivity contribution in [3.63, 3.8) is 0 Å². The Hall–Kier alpha value is 0. The van der Waals surface area contributed by atoms with Crippen LogP contribution < -0.4 is 0 Å². The van der Waals surface area contributed by atoms with Crippen LogP contribution in [-0.4, -0.2) is 0 Å². The minimum Gasteiger partial charge on any atom is -0.0654 e. The summed E-state index contributed by atoms with van der Waals surface area (Å²) in [5.41, 5.74) is 0. The maximum Gasteiger partial charge on any atom is -0.0388 e. The fourth-order valence-corrected chi connectivity index (χ4v) is 3.54. The standard InChI is InChI=1S/C18H36/c1-3-4-5-6-7-8-9-10-11-15-18-16-13-12-14-17(18)2/h17-18H,3-16H2,1-2H3. The first-order chi connectivity index (χ1) is 8.84. The quantitative estimate of drug-likeness (QED) is 0.378. The van der Waals surface area contributed by atoms with E-state index in [4.69, 9.17) is 0 Å². The molecule has 18 heavy (non-hydrogen) atoms. The van der Waals surface area contributed by atoms with Crippen molar-refractivity contribution in [2.24, 2.45) is 11.8 Å². The first-order valence-electron chi connectivity index (χ1n) is 8.84. The Morgan fingerprint density at radius 2 is 1.28 bits per heavy atom. The van der Waals surface area contributed by atoms with Crippen LogP contribution in [-0.2, 0) is 0 Å². The van der Waals surface area contributed by atoms with Crippen LogP contribution in [0.25, 0.3) is 0 Å². The summed E-state index contributed by atoms with van der Waals surface area (Å²) < 4.78 is 0. The fourth-order valence-electron chi connectivity index (χ4n) is 3.54. The summed E-state index contributed by atoms with van der Waals surface area (Å²) in [6, 6.07) is 0. The van der Waals surface area contributed by atoms with E-state index in [1.165, 1.54) is 89.9 Å². The van der Waals surface area contributed by atoms with Gasteiger partial charge in [0.05, 0.1) is 0 Å². The first-order valence-corrected chi connectivity index (χ1v) is 8.84. The molecule has 2 unspecified atom stereocenters. The third-order valence-corrected chi connectivity index (χ3v) is 4.97. The van der Waals surface area contributed by atoms with Crippen molar-refractivity contribution in [2.75, 3.05) is 0 Å². The molecule has 0 spiro atoms. The molecular formula is C18H36. The molecule has 0 aromatic carbocycles. The first kappa shape index (κ1) is 16.1. The van der Waals surface area contributed by atoms with Gasteiger partial charge < -0.3 is 0 Å². The molecule has 108 valence electrons. The van der Waals surface area contributed by atoms with E-state index < -0.39 is 0 Å². The van der Waals surface area contributed by atoms with Crippen molar-refractivity contribution in [1.82, 2.24) is 0 Å². The molecule has 1 fully saturated rings. The Bertz CT molecular complexity index is 173. The van der Waals surface area contributed by atoms with Crippen LogP contribution in [0.4, 0.5) is 0 Å². The third-order valence-electron chi connectivity index (χ3n) is 4.97. The minimum absolute atomic E-state index is 1.02. The smallest absolute Gasteiger partial charge is 0.0388 e. The summed E-state index contributed by atoms with van der Waals surface area (Å²) in [7, 11) is 0. The monoisotopic (exact) mass is 252 g/mol. The van der Waals surface area contributed by atoms with Gasteiger partial charge in [0.25, 0.3) is 0 Å². The zero-order valence-electron chi connectivity index (χ0n) is 13.1. The minimum atomic E-state index is 1.02. The van der Waals surface area contributed by atoms with Gasteiger partial charge >= 0.3 is 0 Å². The fraction of sp³-hybridized carbons (Fsp3) is 1.00. The lowest BCUT2D eigenvalue weighted by Gasteiger charge is -2.28. The highest BCUT2D eigenvalue weighted by Gasteiger charge is 2.20. The van der Waals surface area contributed by atoms with E-state index in [9.17, 15) is 0 Å². The second-order valence-corrected chi connectivity index (χ2v) is 6.64. The Morgan fingerprint density at radius 1 is 0.722 bits per heavy atom. The van der Waals surface area contributed by atoms with Crippen LogP contribution in [0.1, 0.15) is 104 Å². The van der Waals surface area contributed by atoms with E-state index in [0.717, 1.165) is 11.8 Å². The van der Waals surface area contributed by atoms with Crippen molar-refractivity contribution in [2.45, 2.75) is 104 Å². The summed E-state index contributed by atoms with van der Waals surface area (Å²) in [5.74, 6) is 2.09. The van der Waals surface area contributed by atoms with Gasteiger partial charge in [-0.3, -0.25) is 0 Å². The Balaban J connectivity index is 1.83. The van der Waals surface area contributed by atoms with Crippen LogP contribution in [0.3, 0.4) is 0 Å². The Labute approximate surface area is 116 Å². The summed E-state index contributed by atoms with van der Waals surface area (Å²) in [5, 5.41) is 0. The summed E-state index contributed by atoms with van der Waals surface area (Å²) in [6.07, 6.45) is 20.8. The molecule has 1 aliphatic carbocycles. The van der Waals surface area contributed by atoms with Crippen LogP contribution in [0.2, 0.25) is 0 Å². The Morgan fingerprint density at radius 3 is 1.89 bits per heavy atom. The second kappa shape index (κ2) is 10.9. The van der Waals surface area contributed by atoms with Gasteiger partial charge in [0.15, 0.2) is 0 Å². The van der Waals surface area contributed by atoms with Crippen LogP contribution in [0.15, 0.2) is 0 Å². The zero-order chi connectivity index (χ0) is 13.1. The summed E-state index contributed by atoms with van der Waals surface area (Å²) in [6.45, 7) is 4.78. The van der Waals surface area contributed by atoms with Gasteiger partial charge in [-0.25, -0.2) is 0 Å². The highest BCUT2D eigenvalue weighted by molar-refractivity contribution is 4.72. The SMILES string of the molecule is CCCCCCCCCCCC1CCCCC1C. The lowest BCUT2D eigenvalue weighted by atomic mass is 9.78. The molecule has 1 aliphatic rings. The molecule has 1 saturated carbocycles. The number of rotatable bonds is 10. The van der Waals surface area contributed by atoms with Crippen molar-refractivity contribution >= 4 is 0 Å². The average molecular weight is 252 g/mol. The summed E-state index contributed by atoms with van der Waals surface area (Å²) >= 11 is 0. The van der Waals surface area contributed by atoms with Gasteiger partial charge in [0.2, 0.25) is 0 Å². The van der Waals surface area contributed by atoms with Gasteiger partial charge in [-0.2, -0.15) is 0 Å². The number of unbranched alkanes of at least 4 members (excludes halogenated alkanes) is 8. The molecule has 0 heteroatoms.